The molecule has 0 aliphatic heterocycles. The number of ether oxygens (including phenoxy) is 1. The minimum atomic E-state index is -0.696. The zero-order valence-electron chi connectivity index (χ0n) is 17.1. The summed E-state index contributed by atoms with van der Waals surface area (Å²) in [6.07, 6.45) is 2.13. The van der Waals surface area contributed by atoms with Crippen molar-refractivity contribution in [3.8, 4) is 5.69 Å². The Morgan fingerprint density at radius 3 is 2.70 bits per heavy atom. The predicted octanol–water partition coefficient (Wildman–Crippen LogP) is 4.55. The first kappa shape index (κ1) is 21.7. The van der Waals surface area contributed by atoms with Gasteiger partial charge < -0.3 is 10.1 Å². The van der Waals surface area contributed by atoms with E-state index in [4.69, 9.17) is 16.3 Å². The molecule has 0 aliphatic rings. The first-order chi connectivity index (χ1) is 14.1. The third kappa shape index (κ3) is 4.59. The molecule has 3 aromatic rings. The number of fused-ring (bicyclic) bond motifs is 1. The number of nitrogens with one attached hydrogen (secondary N) is 1. The fourth-order valence-corrected chi connectivity index (χ4v) is 3.26. The van der Waals surface area contributed by atoms with Crippen LogP contribution in [0, 0.1) is 5.82 Å². The summed E-state index contributed by atoms with van der Waals surface area (Å²) in [6, 6.07) is 5.40. The number of carbonyl (C=O) groups is 1. The number of carbonyl (C=O) groups excluding carboxylic acids is 1. The van der Waals surface area contributed by atoms with Crippen molar-refractivity contribution in [2.75, 3.05) is 0 Å². The molecule has 0 saturated carbocycles. The number of rotatable bonds is 4. The van der Waals surface area contributed by atoms with Crippen molar-refractivity contribution in [2.24, 2.45) is 0 Å². The van der Waals surface area contributed by atoms with Gasteiger partial charge >= 0.3 is 6.09 Å². The lowest BCUT2D eigenvalue weighted by molar-refractivity contribution is 0.0499. The first-order valence-corrected chi connectivity index (χ1v) is 9.80. The number of pyridine rings is 1. The highest BCUT2D eigenvalue weighted by Gasteiger charge is 2.25. The maximum Gasteiger partial charge on any atom is 0.408 e. The van der Waals surface area contributed by atoms with Crippen LogP contribution in [0.1, 0.15) is 46.0 Å². The normalized spacial score (nSPS) is 12.6. The molecule has 0 saturated heterocycles. The van der Waals surface area contributed by atoms with E-state index in [-0.39, 0.29) is 21.9 Å². The van der Waals surface area contributed by atoms with Crippen LogP contribution in [-0.4, -0.2) is 26.2 Å². The summed E-state index contributed by atoms with van der Waals surface area (Å²) < 4.78 is 20.4. The van der Waals surface area contributed by atoms with Gasteiger partial charge in [-0.3, -0.25) is 14.3 Å². The summed E-state index contributed by atoms with van der Waals surface area (Å²) in [5.74, 6) is -0.395. The third-order valence-electron chi connectivity index (χ3n) is 4.23. The van der Waals surface area contributed by atoms with Crippen LogP contribution in [0.2, 0.25) is 5.02 Å². The first-order valence-electron chi connectivity index (χ1n) is 9.42. The van der Waals surface area contributed by atoms with Crippen LogP contribution in [0.4, 0.5) is 9.18 Å². The lowest BCUT2D eigenvalue weighted by atomic mass is 10.1. The van der Waals surface area contributed by atoms with Crippen molar-refractivity contribution < 1.29 is 13.9 Å². The molecule has 0 unspecified atom stereocenters. The van der Waals surface area contributed by atoms with Gasteiger partial charge in [0.25, 0.3) is 5.56 Å². The molecule has 2 aromatic heterocycles. The van der Waals surface area contributed by atoms with Crippen LogP contribution in [0.3, 0.4) is 0 Å². The molecule has 158 valence electrons. The van der Waals surface area contributed by atoms with Gasteiger partial charge in [-0.1, -0.05) is 24.6 Å². The Bertz CT molecular complexity index is 1160. The van der Waals surface area contributed by atoms with Crippen LogP contribution in [0.15, 0.2) is 41.5 Å². The van der Waals surface area contributed by atoms with Crippen molar-refractivity contribution >= 4 is 28.6 Å². The summed E-state index contributed by atoms with van der Waals surface area (Å²) in [4.78, 5) is 34.1. The maximum atomic E-state index is 13.9. The molecule has 0 bridgehead atoms. The van der Waals surface area contributed by atoms with E-state index in [1.165, 1.54) is 16.8 Å². The summed E-state index contributed by atoms with van der Waals surface area (Å²) in [5, 5.41) is 3.16. The lowest BCUT2D eigenvalue weighted by Gasteiger charge is -2.24. The van der Waals surface area contributed by atoms with Gasteiger partial charge in [-0.2, -0.15) is 0 Å². The standard InChI is InChI=1S/C21H22ClFN4O3/c1-5-15(26-20(29)30-21(2,3)4)18-25-16-8-6-7-14(22)17(16)19(28)27(18)13-9-12(23)10-24-11-13/h6-11,15H,5H2,1-4H3,(H,26,29)/t15-/m0/s1. The summed E-state index contributed by atoms with van der Waals surface area (Å²) in [7, 11) is 0. The number of alkyl carbamates (subject to hydrolysis) is 1. The Labute approximate surface area is 177 Å². The van der Waals surface area contributed by atoms with Gasteiger partial charge in [0.05, 0.1) is 40.0 Å². The van der Waals surface area contributed by atoms with Crippen molar-refractivity contribution in [1.82, 2.24) is 19.9 Å². The second kappa shape index (κ2) is 8.39. The van der Waals surface area contributed by atoms with Gasteiger partial charge in [-0.15, -0.1) is 0 Å². The lowest BCUT2D eigenvalue weighted by Crippen LogP contribution is -2.37. The predicted molar refractivity (Wildman–Crippen MR) is 113 cm³/mol. The largest absolute Gasteiger partial charge is 0.444 e. The molecule has 9 heteroatoms. The van der Waals surface area contributed by atoms with Gasteiger partial charge in [-0.05, 0) is 39.3 Å². The molecule has 1 atom stereocenters. The van der Waals surface area contributed by atoms with Crippen LogP contribution >= 0.6 is 11.6 Å². The number of hydrogen-bond acceptors (Lipinski definition) is 5. The van der Waals surface area contributed by atoms with E-state index < -0.39 is 29.1 Å². The van der Waals surface area contributed by atoms with E-state index in [1.54, 1.807) is 39.0 Å². The number of halogens is 2. The zero-order valence-corrected chi connectivity index (χ0v) is 17.8. The van der Waals surface area contributed by atoms with E-state index in [1.807, 2.05) is 6.92 Å². The Kier molecular flexibility index (Phi) is 6.07. The summed E-state index contributed by atoms with van der Waals surface area (Å²) in [6.45, 7) is 7.07. The number of amides is 1. The topological polar surface area (TPSA) is 86.1 Å². The second-order valence-electron chi connectivity index (χ2n) is 7.71. The van der Waals surface area contributed by atoms with Crippen molar-refractivity contribution in [2.45, 2.75) is 45.8 Å². The van der Waals surface area contributed by atoms with E-state index in [0.717, 1.165) is 6.20 Å². The molecule has 7 nitrogen and oxygen atoms in total. The second-order valence-corrected chi connectivity index (χ2v) is 8.12. The van der Waals surface area contributed by atoms with Crippen molar-refractivity contribution in [3.05, 3.63) is 63.7 Å². The van der Waals surface area contributed by atoms with Crippen molar-refractivity contribution in [3.63, 3.8) is 0 Å². The molecule has 1 aromatic carbocycles. The number of benzene rings is 1. The Morgan fingerprint density at radius 1 is 1.33 bits per heavy atom. The van der Waals surface area contributed by atoms with E-state index in [9.17, 15) is 14.0 Å². The molecular weight excluding hydrogens is 411 g/mol. The highest BCUT2D eigenvalue weighted by atomic mass is 35.5. The Balaban J connectivity index is 2.22. The highest BCUT2D eigenvalue weighted by Crippen LogP contribution is 2.24. The third-order valence-corrected chi connectivity index (χ3v) is 4.55. The van der Waals surface area contributed by atoms with Crippen molar-refractivity contribution in [1.29, 1.82) is 0 Å². The molecule has 1 N–H and O–H groups in total. The van der Waals surface area contributed by atoms with E-state index in [2.05, 4.69) is 15.3 Å². The maximum absolute atomic E-state index is 13.9. The van der Waals surface area contributed by atoms with Gasteiger partial charge in [0, 0.05) is 6.07 Å². The van der Waals surface area contributed by atoms with E-state index >= 15 is 0 Å². The molecule has 30 heavy (non-hydrogen) atoms. The molecule has 0 spiro atoms. The van der Waals surface area contributed by atoms with Gasteiger partial charge in [0.2, 0.25) is 0 Å². The quantitative estimate of drug-likeness (QED) is 0.653. The monoisotopic (exact) mass is 432 g/mol. The van der Waals surface area contributed by atoms with Crippen LogP contribution in [0.25, 0.3) is 16.6 Å². The minimum absolute atomic E-state index is 0.175. The van der Waals surface area contributed by atoms with Crippen LogP contribution < -0.4 is 10.9 Å². The number of nitrogens with zero attached hydrogens (tertiary/aromatic N) is 3. The fraction of sp³-hybridized carbons (Fsp3) is 0.333. The molecule has 3 rings (SSSR count). The average molecular weight is 433 g/mol. The van der Waals surface area contributed by atoms with Crippen LogP contribution in [0.5, 0.6) is 0 Å². The molecular formula is C21H22ClFN4O3. The van der Waals surface area contributed by atoms with E-state index in [0.29, 0.717) is 11.9 Å². The fourth-order valence-electron chi connectivity index (χ4n) is 3.01. The average Bonchev–Trinajstić information content (AvgIpc) is 2.64. The van der Waals surface area contributed by atoms with Gasteiger partial charge in [-0.25, -0.2) is 14.2 Å². The molecule has 2 heterocycles. The summed E-state index contributed by atoms with van der Waals surface area (Å²) in [5.41, 5.74) is -0.641. The number of hydrogen-bond donors (Lipinski definition) is 1. The molecule has 0 aliphatic carbocycles. The summed E-state index contributed by atoms with van der Waals surface area (Å²) >= 11 is 6.24. The minimum Gasteiger partial charge on any atom is -0.444 e. The Hall–Kier alpha value is -3.00. The smallest absolute Gasteiger partial charge is 0.408 e. The Morgan fingerprint density at radius 2 is 2.07 bits per heavy atom. The molecule has 0 radical (unpaired) electrons. The molecule has 0 fully saturated rings. The highest BCUT2D eigenvalue weighted by molar-refractivity contribution is 6.35. The molecule has 1 amide bonds. The van der Waals surface area contributed by atoms with Crippen LogP contribution in [-0.2, 0) is 4.74 Å². The SMILES string of the molecule is CC[C@H](NC(=O)OC(C)(C)C)c1nc2cccc(Cl)c2c(=O)n1-c1cncc(F)c1. The van der Waals surface area contributed by atoms with Gasteiger partial charge in [0.1, 0.15) is 17.2 Å². The number of aromatic nitrogens is 3. The zero-order chi connectivity index (χ0) is 22.1. The van der Waals surface area contributed by atoms with Gasteiger partial charge in [0.15, 0.2) is 0 Å².